The van der Waals surface area contributed by atoms with Crippen LogP contribution in [0, 0.1) is 6.92 Å². The normalized spacial score (nSPS) is 15.3. The van der Waals surface area contributed by atoms with E-state index in [1.165, 1.54) is 0 Å². The summed E-state index contributed by atoms with van der Waals surface area (Å²) in [5.41, 5.74) is 3.83. The van der Waals surface area contributed by atoms with Gasteiger partial charge in [0.2, 0.25) is 5.91 Å². The summed E-state index contributed by atoms with van der Waals surface area (Å²) in [6, 6.07) is 7.76. The van der Waals surface area contributed by atoms with Gasteiger partial charge < -0.3 is 15.5 Å². The molecule has 7 nitrogen and oxygen atoms in total. The minimum atomic E-state index is -0.101. The van der Waals surface area contributed by atoms with Crippen molar-refractivity contribution in [2.45, 2.75) is 19.9 Å². The minimum Gasteiger partial charge on any atom is -0.362 e. The van der Waals surface area contributed by atoms with Gasteiger partial charge in [0.25, 0.3) is 0 Å². The lowest BCUT2D eigenvalue weighted by molar-refractivity contribution is -0.120. The lowest BCUT2D eigenvalue weighted by Crippen LogP contribution is -2.48. The first-order valence-electron chi connectivity index (χ1n) is 10.1. The molecule has 0 saturated carbocycles. The number of aromatic nitrogens is 3. The van der Waals surface area contributed by atoms with Crippen LogP contribution in [0.5, 0.6) is 0 Å². The number of pyridine rings is 1. The molecule has 158 valence electrons. The molecule has 1 atom stereocenters. The SMILES string of the molecule is Cc1csc2c(N[C@@H](C)c3cc4cccc(Cl)c4nc3N3CCNC(=O)C3)ncnc12. The first kappa shape index (κ1) is 20.0. The van der Waals surface area contributed by atoms with Crippen molar-refractivity contribution in [1.29, 1.82) is 0 Å². The Morgan fingerprint density at radius 2 is 2.16 bits per heavy atom. The zero-order valence-corrected chi connectivity index (χ0v) is 18.7. The van der Waals surface area contributed by atoms with Gasteiger partial charge in [-0.3, -0.25) is 4.79 Å². The lowest BCUT2D eigenvalue weighted by atomic mass is 10.0. The number of halogens is 1. The average Bonchev–Trinajstić information content (AvgIpc) is 3.15. The Balaban J connectivity index is 1.60. The molecular formula is C22H21ClN6OS. The van der Waals surface area contributed by atoms with Crippen LogP contribution >= 0.6 is 22.9 Å². The predicted molar refractivity (Wildman–Crippen MR) is 126 cm³/mol. The maximum absolute atomic E-state index is 12.1. The van der Waals surface area contributed by atoms with E-state index in [-0.39, 0.29) is 18.5 Å². The van der Waals surface area contributed by atoms with Gasteiger partial charge in [0, 0.05) is 24.0 Å². The molecular weight excluding hydrogens is 432 g/mol. The van der Waals surface area contributed by atoms with Crippen LogP contribution in [-0.4, -0.2) is 40.5 Å². The summed E-state index contributed by atoms with van der Waals surface area (Å²) >= 11 is 8.07. The predicted octanol–water partition coefficient (Wildman–Crippen LogP) is 4.31. The van der Waals surface area contributed by atoms with Crippen LogP contribution in [-0.2, 0) is 4.79 Å². The zero-order valence-electron chi connectivity index (χ0n) is 17.1. The molecule has 0 unspecified atom stereocenters. The van der Waals surface area contributed by atoms with Gasteiger partial charge in [-0.15, -0.1) is 11.3 Å². The highest BCUT2D eigenvalue weighted by atomic mass is 35.5. The molecule has 5 rings (SSSR count). The number of para-hydroxylation sites is 1. The summed E-state index contributed by atoms with van der Waals surface area (Å²) < 4.78 is 1.03. The molecule has 9 heteroatoms. The third kappa shape index (κ3) is 3.66. The number of anilines is 2. The van der Waals surface area contributed by atoms with Crippen LogP contribution in [0.4, 0.5) is 11.6 Å². The number of thiophene rings is 1. The number of carbonyl (C=O) groups is 1. The Labute approximate surface area is 188 Å². The monoisotopic (exact) mass is 452 g/mol. The van der Waals surface area contributed by atoms with E-state index < -0.39 is 0 Å². The fourth-order valence-electron chi connectivity index (χ4n) is 3.92. The lowest BCUT2D eigenvalue weighted by Gasteiger charge is -2.31. The van der Waals surface area contributed by atoms with E-state index in [2.05, 4.69) is 45.9 Å². The van der Waals surface area contributed by atoms with Crippen molar-refractivity contribution >= 4 is 61.6 Å². The highest BCUT2D eigenvalue weighted by Gasteiger charge is 2.24. The van der Waals surface area contributed by atoms with Gasteiger partial charge in [0.15, 0.2) is 0 Å². The highest BCUT2D eigenvalue weighted by Crippen LogP contribution is 2.35. The van der Waals surface area contributed by atoms with Gasteiger partial charge in [-0.25, -0.2) is 15.0 Å². The van der Waals surface area contributed by atoms with Gasteiger partial charge in [0.1, 0.15) is 18.0 Å². The average molecular weight is 453 g/mol. The summed E-state index contributed by atoms with van der Waals surface area (Å²) in [6.07, 6.45) is 1.59. The van der Waals surface area contributed by atoms with E-state index in [0.717, 1.165) is 43.9 Å². The maximum atomic E-state index is 12.1. The molecule has 1 aliphatic rings. The summed E-state index contributed by atoms with van der Waals surface area (Å²) in [5.74, 6) is 1.55. The first-order chi connectivity index (χ1) is 15.0. The molecule has 0 aliphatic carbocycles. The molecule has 1 aliphatic heterocycles. The fourth-order valence-corrected chi connectivity index (χ4v) is 5.09. The van der Waals surface area contributed by atoms with Crippen molar-refractivity contribution in [2.24, 2.45) is 0 Å². The van der Waals surface area contributed by atoms with Crippen molar-refractivity contribution < 1.29 is 4.79 Å². The van der Waals surface area contributed by atoms with E-state index in [4.69, 9.17) is 16.6 Å². The molecule has 0 spiro atoms. The van der Waals surface area contributed by atoms with Crippen molar-refractivity contribution in [2.75, 3.05) is 29.9 Å². The quantitative estimate of drug-likeness (QED) is 0.480. The second-order valence-corrected chi connectivity index (χ2v) is 8.96. The second kappa shape index (κ2) is 7.94. The van der Waals surface area contributed by atoms with Crippen molar-refractivity contribution in [3.8, 4) is 0 Å². The molecule has 0 bridgehead atoms. The number of nitrogens with zero attached hydrogens (tertiary/aromatic N) is 4. The van der Waals surface area contributed by atoms with Crippen LogP contribution < -0.4 is 15.5 Å². The number of fused-ring (bicyclic) bond motifs is 2. The molecule has 1 saturated heterocycles. The number of amides is 1. The molecule has 4 aromatic rings. The van der Waals surface area contributed by atoms with Gasteiger partial charge in [-0.05, 0) is 36.9 Å². The van der Waals surface area contributed by atoms with Gasteiger partial charge >= 0.3 is 0 Å². The van der Waals surface area contributed by atoms with Crippen LogP contribution in [0.25, 0.3) is 21.1 Å². The number of aryl methyl sites for hydroxylation is 1. The number of carbonyl (C=O) groups excluding carboxylic acids is 1. The van der Waals surface area contributed by atoms with E-state index >= 15 is 0 Å². The van der Waals surface area contributed by atoms with E-state index in [1.54, 1.807) is 17.7 Å². The van der Waals surface area contributed by atoms with Crippen LogP contribution in [0.1, 0.15) is 24.1 Å². The molecule has 1 fully saturated rings. The number of piperazine rings is 1. The number of hydrogen-bond acceptors (Lipinski definition) is 7. The summed E-state index contributed by atoms with van der Waals surface area (Å²) in [7, 11) is 0. The number of hydrogen-bond donors (Lipinski definition) is 2. The van der Waals surface area contributed by atoms with Crippen molar-refractivity contribution in [3.63, 3.8) is 0 Å². The third-order valence-corrected chi connectivity index (χ3v) is 6.89. The van der Waals surface area contributed by atoms with Gasteiger partial charge in [-0.2, -0.15) is 0 Å². The number of benzene rings is 1. The number of nitrogens with one attached hydrogen (secondary N) is 2. The molecule has 31 heavy (non-hydrogen) atoms. The summed E-state index contributed by atoms with van der Waals surface area (Å²) in [6.45, 7) is 5.68. The molecule has 1 amide bonds. The zero-order chi connectivity index (χ0) is 21.5. The highest BCUT2D eigenvalue weighted by molar-refractivity contribution is 7.18. The van der Waals surface area contributed by atoms with Crippen LogP contribution in [0.2, 0.25) is 5.02 Å². The van der Waals surface area contributed by atoms with Crippen LogP contribution in [0.3, 0.4) is 0 Å². The molecule has 4 heterocycles. The maximum Gasteiger partial charge on any atom is 0.239 e. The fraction of sp³-hybridized carbons (Fsp3) is 0.273. The van der Waals surface area contributed by atoms with Gasteiger partial charge in [0.05, 0.1) is 33.3 Å². The Bertz CT molecular complexity index is 1310. The molecule has 1 aromatic carbocycles. The Morgan fingerprint density at radius 1 is 1.29 bits per heavy atom. The third-order valence-electron chi connectivity index (χ3n) is 5.49. The first-order valence-corrected chi connectivity index (χ1v) is 11.3. The van der Waals surface area contributed by atoms with E-state index in [1.807, 2.05) is 23.1 Å². The van der Waals surface area contributed by atoms with Crippen molar-refractivity contribution in [3.05, 3.63) is 52.1 Å². The van der Waals surface area contributed by atoms with E-state index in [0.29, 0.717) is 18.1 Å². The molecule has 0 radical (unpaired) electrons. The summed E-state index contributed by atoms with van der Waals surface area (Å²) in [5, 5.41) is 10.1. The smallest absolute Gasteiger partial charge is 0.239 e. The Kier molecular flexibility index (Phi) is 5.11. The molecule has 3 aromatic heterocycles. The Hall–Kier alpha value is -2.97. The minimum absolute atomic E-state index is 0.00885. The van der Waals surface area contributed by atoms with Gasteiger partial charge in [-0.1, -0.05) is 23.7 Å². The Morgan fingerprint density at radius 3 is 3.00 bits per heavy atom. The standard InChI is InChI=1S/C22H21ClN6OS/c1-12-10-31-20-18(12)25-11-26-21(20)27-13(2)15-8-14-4-3-5-16(23)19(14)28-22(15)29-7-6-24-17(30)9-29/h3-5,8,10-11,13H,6-7,9H2,1-2H3,(H,24,30)(H,25,26,27)/t13-/m0/s1. The number of rotatable bonds is 4. The topological polar surface area (TPSA) is 83.0 Å². The molecule has 2 N–H and O–H groups in total. The summed E-state index contributed by atoms with van der Waals surface area (Å²) in [4.78, 5) is 27.9. The van der Waals surface area contributed by atoms with Crippen LogP contribution in [0.15, 0.2) is 36.0 Å². The van der Waals surface area contributed by atoms with E-state index in [9.17, 15) is 4.79 Å². The second-order valence-electron chi connectivity index (χ2n) is 7.67. The van der Waals surface area contributed by atoms with Crippen molar-refractivity contribution in [1.82, 2.24) is 20.3 Å². The largest absolute Gasteiger partial charge is 0.362 e.